The molecule has 0 bridgehead atoms. The zero-order valence-electron chi connectivity index (χ0n) is 13.0. The minimum atomic E-state index is -1.67. The summed E-state index contributed by atoms with van der Waals surface area (Å²) in [6, 6.07) is -0.101. The quantitative estimate of drug-likeness (QED) is 0.296. The lowest BCUT2D eigenvalue weighted by molar-refractivity contribution is -0.277. The highest BCUT2D eigenvalue weighted by molar-refractivity contribution is 5.72. The minimum absolute atomic E-state index is 0.138. The number of ether oxygens (including phenoxy) is 2. The van der Waals surface area contributed by atoms with E-state index in [4.69, 9.17) is 25.4 Å². The molecule has 11 nitrogen and oxygen atoms in total. The highest BCUT2D eigenvalue weighted by Crippen LogP contribution is 2.22. The van der Waals surface area contributed by atoms with E-state index in [-0.39, 0.29) is 12.3 Å². The highest BCUT2D eigenvalue weighted by Gasteiger charge is 2.44. The minimum Gasteiger partial charge on any atom is -0.480 e. The van der Waals surface area contributed by atoms with Crippen LogP contribution in [-0.4, -0.2) is 79.4 Å². The Morgan fingerprint density at radius 3 is 2.60 bits per heavy atom. The van der Waals surface area contributed by atoms with Gasteiger partial charge in [0.1, 0.15) is 30.5 Å². The van der Waals surface area contributed by atoms with Crippen LogP contribution >= 0.6 is 0 Å². The molecule has 1 unspecified atom stereocenters. The average molecular weight is 360 g/mol. The summed E-state index contributed by atoms with van der Waals surface area (Å²) >= 11 is 0. The predicted octanol–water partition coefficient (Wildman–Crippen LogP) is -3.56. The van der Waals surface area contributed by atoms with E-state index in [1.54, 1.807) is 0 Å². The molecule has 2 heterocycles. The lowest BCUT2D eigenvalue weighted by Crippen LogP contribution is -2.60. The van der Waals surface area contributed by atoms with Gasteiger partial charge in [-0.25, -0.2) is 0 Å². The van der Waals surface area contributed by atoms with E-state index < -0.39 is 54.8 Å². The molecule has 1 aliphatic heterocycles. The third kappa shape index (κ3) is 4.34. The summed E-state index contributed by atoms with van der Waals surface area (Å²) in [4.78, 5) is 22.7. The molecule has 1 aromatic heterocycles. The number of hydrogen-bond donors (Lipinski definition) is 6. The van der Waals surface area contributed by atoms with Crippen molar-refractivity contribution in [2.75, 3.05) is 6.61 Å². The van der Waals surface area contributed by atoms with E-state index in [0.717, 1.165) is 6.07 Å². The molecule has 2 rings (SSSR count). The molecular formula is C14H20N2O9. The van der Waals surface area contributed by atoms with E-state index in [1.807, 2.05) is 0 Å². The van der Waals surface area contributed by atoms with Gasteiger partial charge in [-0.1, -0.05) is 0 Å². The van der Waals surface area contributed by atoms with Crippen LogP contribution in [0, 0.1) is 0 Å². The Bertz CT molecular complexity index is 662. The SMILES string of the molecule is NC(Cn1ccc(=O)c(O[C@@H]2O[C@H](CO)[C@@H](O)[C@@H](O)[C@H]2O)c1)C(=O)O. The summed E-state index contributed by atoms with van der Waals surface area (Å²) in [5.41, 5.74) is 4.83. The Kier molecular flexibility index (Phi) is 6.11. The standard InChI is InChI=1S/C14H20N2O9/c15-6(13(22)23)3-16-2-1-7(18)8(4-16)24-14-12(21)11(20)10(19)9(5-17)25-14/h1-2,4,6,9-12,14,17,19-21H,3,5,15H2,(H,22,23)/t6?,9-,10-,11-,12-,14-/m1/s1. The first-order valence-corrected chi connectivity index (χ1v) is 7.40. The number of aliphatic hydroxyl groups is 4. The molecule has 0 amide bonds. The number of carboxylic acid groups (broad SMARTS) is 1. The number of nitrogens with two attached hydrogens (primary N) is 1. The molecule has 0 aromatic carbocycles. The summed E-state index contributed by atoms with van der Waals surface area (Å²) < 4.78 is 11.7. The lowest BCUT2D eigenvalue weighted by atomic mass is 9.99. The van der Waals surface area contributed by atoms with Crippen molar-refractivity contribution >= 4 is 5.97 Å². The Morgan fingerprint density at radius 1 is 1.32 bits per heavy atom. The van der Waals surface area contributed by atoms with Crippen LogP contribution in [0.4, 0.5) is 0 Å². The number of aliphatic carboxylic acids is 1. The summed E-state index contributed by atoms with van der Waals surface area (Å²) in [6.45, 7) is -0.780. The van der Waals surface area contributed by atoms with Gasteiger partial charge in [-0.05, 0) is 0 Å². The first-order valence-electron chi connectivity index (χ1n) is 7.40. The molecule has 7 N–H and O–H groups in total. The third-order valence-electron chi connectivity index (χ3n) is 3.76. The van der Waals surface area contributed by atoms with Gasteiger partial charge in [0.05, 0.1) is 12.8 Å². The van der Waals surface area contributed by atoms with Gasteiger partial charge < -0.3 is 45.3 Å². The van der Waals surface area contributed by atoms with E-state index in [0.29, 0.717) is 0 Å². The molecule has 0 radical (unpaired) electrons. The van der Waals surface area contributed by atoms with E-state index in [9.17, 15) is 24.9 Å². The van der Waals surface area contributed by atoms with Gasteiger partial charge in [-0.15, -0.1) is 0 Å². The molecule has 1 saturated heterocycles. The van der Waals surface area contributed by atoms with Gasteiger partial charge in [0.25, 0.3) is 0 Å². The summed E-state index contributed by atoms with van der Waals surface area (Å²) in [6.07, 6.45) is -5.10. The maximum Gasteiger partial charge on any atom is 0.322 e. The molecule has 0 saturated carbocycles. The molecule has 25 heavy (non-hydrogen) atoms. The maximum atomic E-state index is 11.9. The van der Waals surface area contributed by atoms with Crippen molar-refractivity contribution in [2.24, 2.45) is 5.73 Å². The molecule has 6 atom stereocenters. The van der Waals surface area contributed by atoms with Crippen molar-refractivity contribution in [3.05, 3.63) is 28.7 Å². The van der Waals surface area contributed by atoms with Crippen LogP contribution in [0.3, 0.4) is 0 Å². The van der Waals surface area contributed by atoms with Gasteiger partial charge in [0.15, 0.2) is 5.75 Å². The molecule has 140 valence electrons. The topological polar surface area (TPSA) is 185 Å². The van der Waals surface area contributed by atoms with Crippen LogP contribution in [0.15, 0.2) is 23.3 Å². The molecule has 0 spiro atoms. The number of aliphatic hydroxyl groups excluding tert-OH is 4. The van der Waals surface area contributed by atoms with Crippen molar-refractivity contribution in [3.63, 3.8) is 0 Å². The molecule has 1 aliphatic rings. The van der Waals surface area contributed by atoms with Crippen LogP contribution in [0.1, 0.15) is 0 Å². The van der Waals surface area contributed by atoms with E-state index in [1.165, 1.54) is 17.0 Å². The number of nitrogens with zero attached hydrogens (tertiary/aromatic N) is 1. The Morgan fingerprint density at radius 2 is 2.00 bits per heavy atom. The summed E-state index contributed by atoms with van der Waals surface area (Å²) in [5, 5.41) is 47.3. The number of carboxylic acids is 1. The largest absolute Gasteiger partial charge is 0.480 e. The second kappa shape index (κ2) is 7.91. The van der Waals surface area contributed by atoms with Crippen LogP contribution in [0.2, 0.25) is 0 Å². The van der Waals surface area contributed by atoms with Crippen molar-refractivity contribution in [1.29, 1.82) is 0 Å². The summed E-state index contributed by atoms with van der Waals surface area (Å²) in [7, 11) is 0. The van der Waals surface area contributed by atoms with E-state index >= 15 is 0 Å². The van der Waals surface area contributed by atoms with Crippen LogP contribution < -0.4 is 15.9 Å². The molecule has 0 aliphatic carbocycles. The van der Waals surface area contributed by atoms with Gasteiger partial charge >= 0.3 is 5.97 Å². The Balaban J connectivity index is 2.18. The summed E-state index contributed by atoms with van der Waals surface area (Å²) in [5.74, 6) is -1.51. The molecule has 1 fully saturated rings. The van der Waals surface area contributed by atoms with Crippen LogP contribution in [0.5, 0.6) is 5.75 Å². The zero-order chi connectivity index (χ0) is 18.7. The average Bonchev–Trinajstić information content (AvgIpc) is 2.58. The number of hydrogen-bond acceptors (Lipinski definition) is 9. The first kappa shape index (κ1) is 19.3. The van der Waals surface area contributed by atoms with Gasteiger partial charge in [-0.2, -0.15) is 0 Å². The Labute approximate surface area is 141 Å². The van der Waals surface area contributed by atoms with Gasteiger partial charge in [0.2, 0.25) is 11.7 Å². The molecular weight excluding hydrogens is 340 g/mol. The van der Waals surface area contributed by atoms with Crippen molar-refractivity contribution in [3.8, 4) is 5.75 Å². The van der Waals surface area contributed by atoms with Gasteiger partial charge in [-0.3, -0.25) is 9.59 Å². The fourth-order valence-corrected chi connectivity index (χ4v) is 2.30. The fraction of sp³-hybridized carbons (Fsp3) is 0.571. The van der Waals surface area contributed by atoms with E-state index in [2.05, 4.69) is 0 Å². The number of carbonyl (C=O) groups is 1. The highest BCUT2D eigenvalue weighted by atomic mass is 16.7. The van der Waals surface area contributed by atoms with Crippen molar-refractivity contribution in [1.82, 2.24) is 4.57 Å². The first-order chi connectivity index (χ1) is 11.7. The smallest absolute Gasteiger partial charge is 0.322 e. The second-order valence-corrected chi connectivity index (χ2v) is 5.63. The predicted molar refractivity (Wildman–Crippen MR) is 80.7 cm³/mol. The molecule has 11 heteroatoms. The van der Waals surface area contributed by atoms with Crippen molar-refractivity contribution in [2.45, 2.75) is 43.3 Å². The maximum absolute atomic E-state index is 11.9. The molecule has 1 aromatic rings. The lowest BCUT2D eigenvalue weighted by Gasteiger charge is -2.39. The Hall–Kier alpha value is -2.02. The zero-order valence-corrected chi connectivity index (χ0v) is 13.0. The monoisotopic (exact) mass is 360 g/mol. The van der Waals surface area contributed by atoms with Crippen molar-refractivity contribution < 1.29 is 39.8 Å². The third-order valence-corrected chi connectivity index (χ3v) is 3.76. The second-order valence-electron chi connectivity index (χ2n) is 5.63. The number of rotatable bonds is 6. The number of aromatic nitrogens is 1. The van der Waals surface area contributed by atoms with Gasteiger partial charge in [0, 0.05) is 18.8 Å². The van der Waals surface area contributed by atoms with Crippen LogP contribution in [0.25, 0.3) is 0 Å². The normalized spacial score (nSPS) is 30.7. The fourth-order valence-electron chi connectivity index (χ4n) is 2.30. The van der Waals surface area contributed by atoms with Crippen LogP contribution in [-0.2, 0) is 16.1 Å². The number of pyridine rings is 1.